The first-order valence-electron chi connectivity index (χ1n) is 6.88. The summed E-state index contributed by atoms with van der Waals surface area (Å²) >= 11 is 0. The van der Waals surface area contributed by atoms with Crippen molar-refractivity contribution in [3.63, 3.8) is 0 Å². The van der Waals surface area contributed by atoms with Gasteiger partial charge < -0.3 is 10.4 Å². The molecule has 0 spiro atoms. The minimum absolute atomic E-state index is 0.0151. The van der Waals surface area contributed by atoms with Crippen molar-refractivity contribution >= 4 is 11.9 Å². The predicted molar refractivity (Wildman–Crippen MR) is 78.7 cm³/mol. The summed E-state index contributed by atoms with van der Waals surface area (Å²) in [6, 6.07) is 4.56. The van der Waals surface area contributed by atoms with E-state index in [1.807, 2.05) is 20.8 Å². The number of aliphatic carboxylic acids is 1. The van der Waals surface area contributed by atoms with Gasteiger partial charge in [0.05, 0.1) is 11.5 Å². The van der Waals surface area contributed by atoms with Gasteiger partial charge in [-0.25, -0.2) is 4.39 Å². The van der Waals surface area contributed by atoms with Crippen LogP contribution < -0.4 is 5.32 Å². The van der Waals surface area contributed by atoms with E-state index in [1.54, 1.807) is 19.1 Å². The second-order valence-corrected chi connectivity index (χ2v) is 6.45. The van der Waals surface area contributed by atoms with Crippen molar-refractivity contribution in [3.8, 4) is 0 Å². The van der Waals surface area contributed by atoms with Crippen LogP contribution in [0.1, 0.15) is 43.1 Å². The standard InChI is InChI=1S/C16H22FNO3/c1-10-6-5-7-12(13(10)17)14(19)18-9-11(15(20)21)8-16(2,3)4/h5-7,11H,8-9H2,1-4H3,(H,18,19)(H,20,21). The maximum atomic E-state index is 13.8. The fourth-order valence-corrected chi connectivity index (χ4v) is 2.12. The highest BCUT2D eigenvalue weighted by Crippen LogP contribution is 2.24. The molecule has 1 unspecified atom stereocenters. The third kappa shape index (κ3) is 5.17. The van der Waals surface area contributed by atoms with Crippen LogP contribution in [0.2, 0.25) is 0 Å². The van der Waals surface area contributed by atoms with Gasteiger partial charge in [0.15, 0.2) is 0 Å². The fraction of sp³-hybridized carbons (Fsp3) is 0.500. The number of halogens is 1. The zero-order valence-electron chi connectivity index (χ0n) is 12.9. The minimum atomic E-state index is -0.963. The third-order valence-electron chi connectivity index (χ3n) is 3.15. The summed E-state index contributed by atoms with van der Waals surface area (Å²) in [4.78, 5) is 23.2. The lowest BCUT2D eigenvalue weighted by Crippen LogP contribution is -2.35. The van der Waals surface area contributed by atoms with Gasteiger partial charge in [0.1, 0.15) is 5.82 Å². The molecule has 0 heterocycles. The van der Waals surface area contributed by atoms with Crippen LogP contribution in [0.25, 0.3) is 0 Å². The lowest BCUT2D eigenvalue weighted by molar-refractivity contribution is -0.142. The van der Waals surface area contributed by atoms with Crippen LogP contribution in [-0.2, 0) is 4.79 Å². The van der Waals surface area contributed by atoms with Gasteiger partial charge in [-0.05, 0) is 30.4 Å². The molecule has 0 bridgehead atoms. The molecule has 0 saturated heterocycles. The number of carbonyl (C=O) groups is 2. The number of hydrogen-bond acceptors (Lipinski definition) is 2. The van der Waals surface area contributed by atoms with Crippen LogP contribution in [-0.4, -0.2) is 23.5 Å². The Kier molecular flexibility index (Phi) is 5.47. The summed E-state index contributed by atoms with van der Waals surface area (Å²) in [6.07, 6.45) is 0.429. The van der Waals surface area contributed by atoms with E-state index in [4.69, 9.17) is 0 Å². The van der Waals surface area contributed by atoms with Gasteiger partial charge in [-0.2, -0.15) is 0 Å². The first-order valence-corrected chi connectivity index (χ1v) is 6.88. The number of benzene rings is 1. The third-order valence-corrected chi connectivity index (χ3v) is 3.15. The fourth-order valence-electron chi connectivity index (χ4n) is 2.12. The quantitative estimate of drug-likeness (QED) is 0.877. The van der Waals surface area contributed by atoms with Gasteiger partial charge in [0, 0.05) is 6.54 Å². The number of aryl methyl sites for hydroxylation is 1. The Morgan fingerprint density at radius 3 is 2.48 bits per heavy atom. The lowest BCUT2D eigenvalue weighted by Gasteiger charge is -2.23. The number of carboxylic acids is 1. The van der Waals surface area contributed by atoms with E-state index in [9.17, 15) is 19.1 Å². The van der Waals surface area contributed by atoms with Crippen molar-refractivity contribution in [2.75, 3.05) is 6.54 Å². The molecule has 0 aliphatic heterocycles. The van der Waals surface area contributed by atoms with Gasteiger partial charge >= 0.3 is 5.97 Å². The highest BCUT2D eigenvalue weighted by molar-refractivity contribution is 5.94. The number of carbonyl (C=O) groups excluding carboxylic acids is 1. The van der Waals surface area contributed by atoms with E-state index < -0.39 is 23.6 Å². The highest BCUT2D eigenvalue weighted by atomic mass is 19.1. The van der Waals surface area contributed by atoms with Crippen molar-refractivity contribution < 1.29 is 19.1 Å². The van der Waals surface area contributed by atoms with E-state index in [-0.39, 0.29) is 17.5 Å². The normalized spacial score (nSPS) is 12.8. The smallest absolute Gasteiger partial charge is 0.308 e. The number of carboxylic acid groups (broad SMARTS) is 1. The van der Waals surface area contributed by atoms with Gasteiger partial charge in [0.25, 0.3) is 5.91 Å². The Labute approximate surface area is 124 Å². The molecule has 1 rings (SSSR count). The zero-order valence-corrected chi connectivity index (χ0v) is 12.9. The summed E-state index contributed by atoms with van der Waals surface area (Å²) in [7, 11) is 0. The first kappa shape index (κ1) is 17.1. The monoisotopic (exact) mass is 295 g/mol. The van der Waals surface area contributed by atoms with E-state index in [0.717, 1.165) is 0 Å². The van der Waals surface area contributed by atoms with Crippen molar-refractivity contribution in [2.45, 2.75) is 34.1 Å². The number of rotatable bonds is 5. The summed E-state index contributed by atoms with van der Waals surface area (Å²) in [5, 5.41) is 11.7. The van der Waals surface area contributed by atoms with Gasteiger partial charge in [-0.3, -0.25) is 9.59 Å². The Bertz CT molecular complexity index is 535. The van der Waals surface area contributed by atoms with Crippen LogP contribution in [0.4, 0.5) is 4.39 Å². The maximum absolute atomic E-state index is 13.8. The average Bonchev–Trinajstić information content (AvgIpc) is 2.35. The van der Waals surface area contributed by atoms with Crippen molar-refractivity contribution in [2.24, 2.45) is 11.3 Å². The van der Waals surface area contributed by atoms with E-state index >= 15 is 0 Å². The Morgan fingerprint density at radius 2 is 1.95 bits per heavy atom. The van der Waals surface area contributed by atoms with Crippen LogP contribution in [0.15, 0.2) is 18.2 Å². The first-order chi connectivity index (χ1) is 9.61. The summed E-state index contributed by atoms with van der Waals surface area (Å²) < 4.78 is 13.8. The van der Waals surface area contributed by atoms with E-state index in [2.05, 4.69) is 5.32 Å². The minimum Gasteiger partial charge on any atom is -0.481 e. The van der Waals surface area contributed by atoms with Crippen LogP contribution in [0.5, 0.6) is 0 Å². The second kappa shape index (κ2) is 6.70. The average molecular weight is 295 g/mol. The molecule has 1 amide bonds. The molecule has 0 fully saturated rings. The molecule has 4 nitrogen and oxygen atoms in total. The molecule has 21 heavy (non-hydrogen) atoms. The topological polar surface area (TPSA) is 66.4 Å². The molecule has 116 valence electrons. The molecule has 1 atom stereocenters. The van der Waals surface area contributed by atoms with Crippen molar-refractivity contribution in [1.82, 2.24) is 5.32 Å². The SMILES string of the molecule is Cc1cccc(C(=O)NCC(CC(C)(C)C)C(=O)O)c1F. The van der Waals surface area contributed by atoms with E-state index in [1.165, 1.54) is 6.07 Å². The number of nitrogens with one attached hydrogen (secondary N) is 1. The van der Waals surface area contributed by atoms with Gasteiger partial charge in [-0.15, -0.1) is 0 Å². The molecule has 0 radical (unpaired) electrons. The predicted octanol–water partition coefficient (Wildman–Crippen LogP) is 3.00. The largest absolute Gasteiger partial charge is 0.481 e. The molecule has 0 aromatic heterocycles. The molecule has 1 aromatic carbocycles. The van der Waals surface area contributed by atoms with Crippen LogP contribution >= 0.6 is 0 Å². The Balaban J connectivity index is 2.74. The Morgan fingerprint density at radius 1 is 1.33 bits per heavy atom. The molecule has 2 N–H and O–H groups in total. The van der Waals surface area contributed by atoms with Crippen LogP contribution in [0, 0.1) is 24.1 Å². The van der Waals surface area contributed by atoms with Crippen molar-refractivity contribution in [3.05, 3.63) is 35.1 Å². The summed E-state index contributed by atoms with van der Waals surface area (Å²) in [5.41, 5.74) is 0.157. The molecule has 0 aliphatic rings. The Hall–Kier alpha value is -1.91. The molecule has 0 aliphatic carbocycles. The van der Waals surface area contributed by atoms with Gasteiger partial charge in [0.2, 0.25) is 0 Å². The second-order valence-electron chi connectivity index (χ2n) is 6.45. The van der Waals surface area contributed by atoms with Crippen molar-refractivity contribution in [1.29, 1.82) is 0 Å². The van der Waals surface area contributed by atoms with Crippen LogP contribution in [0.3, 0.4) is 0 Å². The molecular formula is C16H22FNO3. The maximum Gasteiger partial charge on any atom is 0.308 e. The summed E-state index contributed by atoms with van der Waals surface area (Å²) in [6.45, 7) is 7.37. The lowest BCUT2D eigenvalue weighted by atomic mass is 9.84. The number of hydrogen-bond donors (Lipinski definition) is 2. The highest BCUT2D eigenvalue weighted by Gasteiger charge is 2.25. The molecule has 5 heteroatoms. The molecule has 0 saturated carbocycles. The zero-order chi connectivity index (χ0) is 16.2. The van der Waals surface area contributed by atoms with E-state index in [0.29, 0.717) is 12.0 Å². The number of amides is 1. The summed E-state index contributed by atoms with van der Waals surface area (Å²) in [5.74, 6) is -2.81. The molecular weight excluding hydrogens is 273 g/mol. The molecule has 1 aromatic rings. The van der Waals surface area contributed by atoms with Gasteiger partial charge in [-0.1, -0.05) is 32.9 Å².